The largest absolute Gasteiger partial charge is 0.480 e. The minimum atomic E-state index is -1.16. The van der Waals surface area contributed by atoms with E-state index in [-0.39, 0.29) is 18.2 Å². The number of amides is 2. The molecule has 0 fully saturated rings. The zero-order valence-electron chi connectivity index (χ0n) is 14.4. The van der Waals surface area contributed by atoms with Gasteiger partial charge in [-0.15, -0.1) is 0 Å². The van der Waals surface area contributed by atoms with Gasteiger partial charge in [-0.25, -0.2) is 18.4 Å². The maximum Gasteiger partial charge on any atom is 0.326 e. The highest BCUT2D eigenvalue weighted by molar-refractivity contribution is 5.92. The average Bonchev–Trinajstić information content (AvgIpc) is 2.57. The van der Waals surface area contributed by atoms with Gasteiger partial charge in [0.2, 0.25) is 0 Å². The summed E-state index contributed by atoms with van der Waals surface area (Å²) in [5, 5.41) is 11.9. The molecule has 26 heavy (non-hydrogen) atoms. The van der Waals surface area contributed by atoms with Gasteiger partial charge in [0.05, 0.1) is 5.69 Å². The number of carboxylic acids is 1. The number of urea groups is 1. The second-order valence-electron chi connectivity index (χ2n) is 6.19. The van der Waals surface area contributed by atoms with E-state index in [0.717, 1.165) is 22.6 Å². The van der Waals surface area contributed by atoms with Crippen LogP contribution in [0.2, 0.25) is 0 Å². The van der Waals surface area contributed by atoms with Crippen LogP contribution in [0.25, 0.3) is 0 Å². The number of carbonyl (C=O) groups excluding carboxylic acids is 1. The lowest BCUT2D eigenvalue weighted by Crippen LogP contribution is -2.49. The van der Waals surface area contributed by atoms with E-state index >= 15 is 0 Å². The minimum Gasteiger partial charge on any atom is -0.480 e. The van der Waals surface area contributed by atoms with Crippen molar-refractivity contribution in [2.75, 3.05) is 5.32 Å². The van der Waals surface area contributed by atoms with Gasteiger partial charge in [0.1, 0.15) is 17.7 Å². The standard InChI is InChI=1S/C19H20F2N2O3/c1-12(2)17(18(24)25)23(11-13-6-4-3-5-7-13)19(26)22-16-9-8-14(20)10-15(16)21/h3-10,12,17H,11H2,1-2H3,(H,22,26)(H,24,25)/t17-/m0/s1. The molecule has 0 spiro atoms. The minimum absolute atomic E-state index is 0.0324. The molecule has 2 aromatic rings. The second-order valence-corrected chi connectivity index (χ2v) is 6.19. The van der Waals surface area contributed by atoms with E-state index in [4.69, 9.17) is 0 Å². The highest BCUT2D eigenvalue weighted by atomic mass is 19.1. The Morgan fingerprint density at radius 3 is 2.31 bits per heavy atom. The van der Waals surface area contributed by atoms with Gasteiger partial charge < -0.3 is 15.3 Å². The predicted octanol–water partition coefficient (Wildman–Crippen LogP) is 4.11. The van der Waals surface area contributed by atoms with Crippen LogP contribution in [0.3, 0.4) is 0 Å². The van der Waals surface area contributed by atoms with Crippen molar-refractivity contribution < 1.29 is 23.5 Å². The molecule has 0 saturated carbocycles. The number of hydrogen-bond acceptors (Lipinski definition) is 2. The Labute approximate surface area is 150 Å². The number of aliphatic carboxylic acids is 1. The first kappa shape index (κ1) is 19.4. The average molecular weight is 362 g/mol. The lowest BCUT2D eigenvalue weighted by atomic mass is 10.0. The monoisotopic (exact) mass is 362 g/mol. The Bertz CT molecular complexity index is 782. The molecule has 7 heteroatoms. The van der Waals surface area contributed by atoms with Gasteiger partial charge in [0.15, 0.2) is 0 Å². The molecule has 2 aromatic carbocycles. The molecule has 0 aromatic heterocycles. The molecule has 0 aliphatic heterocycles. The second kappa shape index (κ2) is 8.42. The van der Waals surface area contributed by atoms with Crippen LogP contribution >= 0.6 is 0 Å². The molecule has 2 rings (SSSR count). The third kappa shape index (κ3) is 4.78. The van der Waals surface area contributed by atoms with E-state index in [1.54, 1.807) is 44.2 Å². The number of nitrogens with one attached hydrogen (secondary N) is 1. The first-order chi connectivity index (χ1) is 12.3. The van der Waals surface area contributed by atoms with Crippen LogP contribution in [-0.4, -0.2) is 28.0 Å². The third-order valence-electron chi connectivity index (χ3n) is 3.85. The molecule has 0 radical (unpaired) electrons. The topological polar surface area (TPSA) is 69.6 Å². The Morgan fingerprint density at radius 2 is 1.77 bits per heavy atom. The molecule has 1 atom stereocenters. The first-order valence-electron chi connectivity index (χ1n) is 8.09. The first-order valence-corrected chi connectivity index (χ1v) is 8.09. The van der Waals surface area contributed by atoms with Gasteiger partial charge in [0.25, 0.3) is 0 Å². The highest BCUT2D eigenvalue weighted by Gasteiger charge is 2.32. The van der Waals surface area contributed by atoms with Crippen LogP contribution < -0.4 is 5.32 Å². The van der Waals surface area contributed by atoms with Gasteiger partial charge in [-0.05, 0) is 23.6 Å². The number of carbonyl (C=O) groups is 2. The number of rotatable bonds is 6. The summed E-state index contributed by atoms with van der Waals surface area (Å²) in [6.45, 7) is 3.40. The quantitative estimate of drug-likeness (QED) is 0.813. The Balaban J connectivity index is 2.32. The van der Waals surface area contributed by atoms with Crippen LogP contribution in [0.4, 0.5) is 19.3 Å². The number of hydrogen-bond donors (Lipinski definition) is 2. The molecular formula is C19H20F2N2O3. The normalized spacial score (nSPS) is 11.9. The summed E-state index contributed by atoms with van der Waals surface area (Å²) in [7, 11) is 0. The van der Waals surface area contributed by atoms with E-state index in [2.05, 4.69) is 5.32 Å². The molecule has 0 saturated heterocycles. The van der Waals surface area contributed by atoms with E-state index in [1.807, 2.05) is 0 Å². The summed E-state index contributed by atoms with van der Waals surface area (Å²) in [6.07, 6.45) is 0. The van der Waals surface area contributed by atoms with Gasteiger partial charge in [-0.1, -0.05) is 44.2 Å². The van der Waals surface area contributed by atoms with Crippen molar-refractivity contribution >= 4 is 17.7 Å². The van der Waals surface area contributed by atoms with Gasteiger partial charge in [-0.2, -0.15) is 0 Å². The summed E-state index contributed by atoms with van der Waals surface area (Å²) >= 11 is 0. The molecule has 2 N–H and O–H groups in total. The number of anilines is 1. The molecule has 0 aliphatic rings. The van der Waals surface area contributed by atoms with Crippen LogP contribution in [0.1, 0.15) is 19.4 Å². The summed E-state index contributed by atoms with van der Waals surface area (Å²) in [5.41, 5.74) is 0.511. The van der Waals surface area contributed by atoms with Crippen molar-refractivity contribution in [3.05, 3.63) is 65.7 Å². The smallest absolute Gasteiger partial charge is 0.326 e. The lowest BCUT2D eigenvalue weighted by Gasteiger charge is -2.31. The van der Waals surface area contributed by atoms with E-state index < -0.39 is 29.7 Å². The summed E-state index contributed by atoms with van der Waals surface area (Å²) < 4.78 is 26.9. The summed E-state index contributed by atoms with van der Waals surface area (Å²) in [5.74, 6) is -3.24. The molecule has 0 unspecified atom stereocenters. The van der Waals surface area contributed by atoms with E-state index in [1.165, 1.54) is 0 Å². The van der Waals surface area contributed by atoms with Crippen molar-refractivity contribution in [3.8, 4) is 0 Å². The number of halogens is 2. The Kier molecular flexibility index (Phi) is 6.27. The third-order valence-corrected chi connectivity index (χ3v) is 3.85. The Hall–Kier alpha value is -2.96. The molecule has 138 valence electrons. The van der Waals surface area contributed by atoms with Crippen LogP contribution in [0, 0.1) is 17.6 Å². The molecule has 2 amide bonds. The van der Waals surface area contributed by atoms with Crippen LogP contribution in [0.5, 0.6) is 0 Å². The Morgan fingerprint density at radius 1 is 1.12 bits per heavy atom. The molecule has 5 nitrogen and oxygen atoms in total. The molecule has 0 heterocycles. The maximum atomic E-state index is 13.8. The van der Waals surface area contributed by atoms with Crippen molar-refractivity contribution in [1.82, 2.24) is 4.90 Å². The van der Waals surface area contributed by atoms with Crippen molar-refractivity contribution in [1.29, 1.82) is 0 Å². The number of carboxylic acid groups (broad SMARTS) is 1. The SMILES string of the molecule is CC(C)[C@@H](C(=O)O)N(Cc1ccccc1)C(=O)Nc1ccc(F)cc1F. The van der Waals surface area contributed by atoms with Gasteiger partial charge in [0, 0.05) is 12.6 Å². The van der Waals surface area contributed by atoms with Crippen molar-refractivity contribution in [2.45, 2.75) is 26.4 Å². The zero-order valence-corrected chi connectivity index (χ0v) is 14.4. The lowest BCUT2D eigenvalue weighted by molar-refractivity contribution is -0.143. The molecule has 0 aliphatic carbocycles. The van der Waals surface area contributed by atoms with Crippen LogP contribution in [-0.2, 0) is 11.3 Å². The van der Waals surface area contributed by atoms with Gasteiger partial charge in [-0.3, -0.25) is 0 Å². The fourth-order valence-electron chi connectivity index (χ4n) is 2.63. The summed E-state index contributed by atoms with van der Waals surface area (Å²) in [4.78, 5) is 25.5. The highest BCUT2D eigenvalue weighted by Crippen LogP contribution is 2.20. The fourth-order valence-corrected chi connectivity index (χ4v) is 2.63. The van der Waals surface area contributed by atoms with Crippen molar-refractivity contribution in [3.63, 3.8) is 0 Å². The molecular weight excluding hydrogens is 342 g/mol. The molecule has 0 bridgehead atoms. The fraction of sp³-hybridized carbons (Fsp3) is 0.263. The number of benzene rings is 2. The number of nitrogens with zero attached hydrogens (tertiary/aromatic N) is 1. The van der Waals surface area contributed by atoms with Crippen molar-refractivity contribution in [2.24, 2.45) is 5.92 Å². The zero-order chi connectivity index (χ0) is 19.3. The van der Waals surface area contributed by atoms with E-state index in [0.29, 0.717) is 6.07 Å². The maximum absolute atomic E-state index is 13.8. The van der Waals surface area contributed by atoms with Gasteiger partial charge >= 0.3 is 12.0 Å². The van der Waals surface area contributed by atoms with Crippen LogP contribution in [0.15, 0.2) is 48.5 Å². The van der Waals surface area contributed by atoms with E-state index in [9.17, 15) is 23.5 Å². The summed E-state index contributed by atoms with van der Waals surface area (Å²) in [6, 6.07) is 9.74. The predicted molar refractivity (Wildman–Crippen MR) is 93.6 cm³/mol.